The van der Waals surface area contributed by atoms with E-state index in [-0.39, 0.29) is 0 Å². The third-order valence-corrected chi connectivity index (χ3v) is 2.78. The van der Waals surface area contributed by atoms with Crippen LogP contribution in [-0.2, 0) is 18.5 Å². The maximum absolute atomic E-state index is 5.57. The molecule has 0 spiro atoms. The van der Waals surface area contributed by atoms with Crippen LogP contribution in [-0.4, -0.2) is 11.0 Å². The Hall–Kier alpha value is 1.16. The van der Waals surface area contributed by atoms with Crippen LogP contribution in [0.15, 0.2) is 0 Å². The van der Waals surface area contributed by atoms with Crippen molar-refractivity contribution in [2.24, 2.45) is 0 Å². The maximum atomic E-state index is 5.57. The standard InChI is InChI=1S/C2H4Cl2N2.Pd/c3-2(4,6)1-5;/h5-6H,1H2;/q-2;+2. The minimum absolute atomic E-state index is 0.332. The molecule has 0 bridgehead atoms. The summed E-state index contributed by atoms with van der Waals surface area (Å²) in [5.74, 6) is 0. The Kier molecular flexibility index (Phi) is 1.96. The average Bonchev–Trinajstić information content (AvgIpc) is 1.84. The van der Waals surface area contributed by atoms with Crippen LogP contribution in [0.2, 0.25) is 0 Å². The second-order valence-corrected chi connectivity index (χ2v) is 3.96. The first-order valence-electron chi connectivity index (χ1n) is 1.65. The van der Waals surface area contributed by atoms with E-state index in [1.54, 1.807) is 0 Å². The fourth-order valence-corrected chi connectivity index (χ4v) is 2.11. The molecule has 1 heterocycles. The predicted octanol–water partition coefficient (Wildman–Crippen LogP) is 0.223. The van der Waals surface area contributed by atoms with Crippen LogP contribution < -0.4 is 7.90 Å². The van der Waals surface area contributed by atoms with Gasteiger partial charge in [-0.2, -0.15) is 0 Å². The Morgan fingerprint density at radius 1 is 1.57 bits per heavy atom. The number of hydrogen-bond acceptors (Lipinski definition) is 2. The quantitative estimate of drug-likeness (QED) is 0.355. The van der Waals surface area contributed by atoms with Crippen LogP contribution in [0.3, 0.4) is 0 Å². The molecule has 1 rings (SSSR count). The van der Waals surface area contributed by atoms with Gasteiger partial charge in [-0.3, -0.25) is 0 Å². The Morgan fingerprint density at radius 2 is 2.29 bits per heavy atom. The van der Waals surface area contributed by atoms with Gasteiger partial charge in [0, 0.05) is 0 Å². The zero-order valence-corrected chi connectivity index (χ0v) is 6.35. The van der Waals surface area contributed by atoms with E-state index in [0.717, 1.165) is 0 Å². The molecule has 5 heteroatoms. The molecular formula is C2H4Cl2N2Pd. The van der Waals surface area contributed by atoms with Crippen LogP contribution >= 0.6 is 23.2 Å². The van der Waals surface area contributed by atoms with Crippen molar-refractivity contribution in [1.29, 1.82) is 0 Å². The normalized spacial score (nSPS) is 29.4. The summed E-state index contributed by atoms with van der Waals surface area (Å²) in [7, 11) is 0. The molecule has 0 aromatic carbocycles. The first-order chi connectivity index (χ1) is 3.21. The molecule has 0 unspecified atom stereocenters. The van der Waals surface area contributed by atoms with Crippen molar-refractivity contribution in [3.63, 3.8) is 0 Å². The van der Waals surface area contributed by atoms with Crippen LogP contribution in [0.1, 0.15) is 0 Å². The van der Waals surface area contributed by atoms with Crippen molar-refractivity contribution in [3.8, 4) is 0 Å². The molecule has 1 aliphatic heterocycles. The molecule has 7 heavy (non-hydrogen) atoms. The molecule has 1 aliphatic rings. The van der Waals surface area contributed by atoms with E-state index >= 15 is 0 Å². The third kappa shape index (κ3) is 1.85. The SMILES string of the molecule is ClC1(Cl)C[NH][Pd][NH]1. The summed E-state index contributed by atoms with van der Waals surface area (Å²) in [5.41, 5.74) is 0. The predicted molar refractivity (Wildman–Crippen MR) is 25.6 cm³/mol. The van der Waals surface area contributed by atoms with Gasteiger partial charge in [0.05, 0.1) is 0 Å². The molecule has 0 atom stereocenters. The molecule has 0 amide bonds. The molecule has 1 saturated heterocycles. The van der Waals surface area contributed by atoms with Gasteiger partial charge in [-0.1, -0.05) is 0 Å². The summed E-state index contributed by atoms with van der Waals surface area (Å²) >= 11 is 11.5. The number of nitrogens with one attached hydrogen (secondary N) is 2. The zero-order chi connectivity index (χ0) is 5.33. The number of hydrogen-bond donors (Lipinski definition) is 2. The second kappa shape index (κ2) is 2.18. The van der Waals surface area contributed by atoms with E-state index in [9.17, 15) is 0 Å². The first-order valence-corrected chi connectivity index (χ1v) is 3.96. The summed E-state index contributed by atoms with van der Waals surface area (Å²) in [6.07, 6.45) is 0. The zero-order valence-electron chi connectivity index (χ0n) is 3.28. The van der Waals surface area contributed by atoms with Gasteiger partial charge in [0.1, 0.15) is 0 Å². The Bertz CT molecular complexity index is 68.1. The van der Waals surface area contributed by atoms with E-state index in [4.69, 9.17) is 23.2 Å². The van der Waals surface area contributed by atoms with Crippen molar-refractivity contribution in [2.75, 3.05) is 6.54 Å². The molecule has 1 fully saturated rings. The minimum atomic E-state index is -0.700. The van der Waals surface area contributed by atoms with Gasteiger partial charge in [0.25, 0.3) is 0 Å². The van der Waals surface area contributed by atoms with Gasteiger partial charge < -0.3 is 0 Å². The summed E-state index contributed by atoms with van der Waals surface area (Å²) in [6.45, 7) is 0.643. The van der Waals surface area contributed by atoms with Crippen molar-refractivity contribution in [2.45, 2.75) is 4.46 Å². The van der Waals surface area contributed by atoms with Crippen molar-refractivity contribution in [3.05, 3.63) is 0 Å². The van der Waals surface area contributed by atoms with Crippen LogP contribution in [0.5, 0.6) is 0 Å². The van der Waals surface area contributed by atoms with E-state index in [2.05, 4.69) is 7.90 Å². The van der Waals surface area contributed by atoms with E-state index in [0.29, 0.717) is 25.0 Å². The Morgan fingerprint density at radius 3 is 2.43 bits per heavy atom. The van der Waals surface area contributed by atoms with Crippen LogP contribution in [0.4, 0.5) is 0 Å². The number of rotatable bonds is 0. The molecule has 0 aromatic rings. The van der Waals surface area contributed by atoms with E-state index < -0.39 is 4.46 Å². The Balaban J connectivity index is 2.40. The van der Waals surface area contributed by atoms with E-state index in [1.165, 1.54) is 0 Å². The van der Waals surface area contributed by atoms with Gasteiger partial charge in [-0.15, -0.1) is 0 Å². The van der Waals surface area contributed by atoms with Gasteiger partial charge in [0.15, 0.2) is 0 Å². The van der Waals surface area contributed by atoms with Crippen LogP contribution in [0.25, 0.3) is 0 Å². The van der Waals surface area contributed by atoms with Gasteiger partial charge in [-0.25, -0.2) is 0 Å². The van der Waals surface area contributed by atoms with E-state index in [1.807, 2.05) is 0 Å². The first kappa shape index (κ1) is 6.28. The molecule has 0 saturated carbocycles. The third-order valence-electron chi connectivity index (χ3n) is 0.489. The molecule has 46 valence electrons. The van der Waals surface area contributed by atoms with Gasteiger partial charge in [0.2, 0.25) is 0 Å². The van der Waals surface area contributed by atoms with Crippen molar-refractivity contribution < 1.29 is 18.5 Å². The molecule has 0 aliphatic carbocycles. The summed E-state index contributed by atoms with van der Waals surface area (Å²) in [6, 6.07) is 0. The molecule has 2 nitrogen and oxygen atoms in total. The van der Waals surface area contributed by atoms with Crippen LogP contribution in [0, 0.1) is 0 Å². The molecule has 0 radical (unpaired) electrons. The molecular weight excluding hydrogens is 229 g/mol. The fourth-order valence-electron chi connectivity index (χ4n) is 0.212. The summed E-state index contributed by atoms with van der Waals surface area (Å²) in [5, 5.41) is 0. The fraction of sp³-hybridized carbons (Fsp3) is 1.00. The Labute approximate surface area is 60.7 Å². The number of alkyl halides is 2. The van der Waals surface area contributed by atoms with Crippen molar-refractivity contribution >= 4 is 23.2 Å². The second-order valence-electron chi connectivity index (χ2n) is 1.15. The monoisotopic (exact) mass is 232 g/mol. The average molecular weight is 233 g/mol. The van der Waals surface area contributed by atoms with Gasteiger partial charge >= 0.3 is 60.6 Å². The van der Waals surface area contributed by atoms with Crippen molar-refractivity contribution in [1.82, 2.24) is 7.90 Å². The summed E-state index contributed by atoms with van der Waals surface area (Å²) < 4.78 is 5.15. The molecule has 2 N–H and O–H groups in total. The number of halogens is 2. The molecule has 0 aromatic heterocycles. The van der Waals surface area contributed by atoms with Gasteiger partial charge in [-0.05, 0) is 0 Å². The topological polar surface area (TPSA) is 24.1 Å². The summed E-state index contributed by atoms with van der Waals surface area (Å²) in [4.78, 5) is 0.